The number of ether oxygens (including phenoxy) is 4. The summed E-state index contributed by atoms with van der Waals surface area (Å²) in [6, 6.07) is 11.7. The molecule has 0 bridgehead atoms. The summed E-state index contributed by atoms with van der Waals surface area (Å²) < 4.78 is 48.7. The maximum absolute atomic E-state index is 12.9. The average Bonchev–Trinajstić information content (AvgIpc) is 2.82. The fourth-order valence-electron chi connectivity index (χ4n) is 3.14. The van der Waals surface area contributed by atoms with Crippen LogP contribution < -0.4 is 9.47 Å². The van der Waals surface area contributed by atoms with E-state index >= 15 is 0 Å². The Kier molecular flexibility index (Phi) is 8.49. The number of hydrogen-bond acceptors (Lipinski definition) is 7. The van der Waals surface area contributed by atoms with Crippen LogP contribution in [0.4, 0.5) is 0 Å². The van der Waals surface area contributed by atoms with Crippen molar-refractivity contribution in [1.82, 2.24) is 4.31 Å². The zero-order chi connectivity index (χ0) is 23.0. The molecule has 0 radical (unpaired) electrons. The molecule has 0 aliphatic carbocycles. The molecule has 1 fully saturated rings. The molecule has 2 aromatic rings. The van der Waals surface area contributed by atoms with E-state index in [0.29, 0.717) is 44.2 Å². The Morgan fingerprint density at radius 2 is 1.59 bits per heavy atom. The van der Waals surface area contributed by atoms with Crippen molar-refractivity contribution in [3.63, 3.8) is 0 Å². The van der Waals surface area contributed by atoms with Crippen LogP contribution >= 0.6 is 0 Å². The smallest absolute Gasteiger partial charge is 0.338 e. The van der Waals surface area contributed by atoms with Crippen LogP contribution in [-0.4, -0.2) is 64.8 Å². The van der Waals surface area contributed by atoms with Crippen LogP contribution in [0.3, 0.4) is 0 Å². The summed E-state index contributed by atoms with van der Waals surface area (Å²) in [5, 5.41) is 0. The topological polar surface area (TPSA) is 91.4 Å². The van der Waals surface area contributed by atoms with Crippen molar-refractivity contribution in [2.75, 3.05) is 46.1 Å². The van der Waals surface area contributed by atoms with Crippen molar-refractivity contribution in [2.45, 2.75) is 25.2 Å². The van der Waals surface area contributed by atoms with Crippen molar-refractivity contribution in [2.24, 2.45) is 0 Å². The molecule has 2 aromatic carbocycles. The highest BCUT2D eigenvalue weighted by Crippen LogP contribution is 2.21. The molecule has 174 valence electrons. The summed E-state index contributed by atoms with van der Waals surface area (Å²) in [7, 11) is -3.69. The Morgan fingerprint density at radius 1 is 0.969 bits per heavy atom. The molecule has 0 atom stereocenters. The molecule has 9 heteroatoms. The Hall–Kier alpha value is -2.62. The SMILES string of the molecule is CCCOc1ccc(OCCOC(=O)c2cc(S(=O)(=O)N3CCOCC3)ccc2C)cc1. The Bertz CT molecular complexity index is 1000. The first kappa shape index (κ1) is 24.0. The van der Waals surface area contributed by atoms with E-state index in [2.05, 4.69) is 0 Å². The highest BCUT2D eigenvalue weighted by atomic mass is 32.2. The third kappa shape index (κ3) is 6.21. The number of benzene rings is 2. The van der Waals surface area contributed by atoms with Crippen molar-refractivity contribution in [3.8, 4) is 11.5 Å². The van der Waals surface area contributed by atoms with E-state index in [0.717, 1.165) is 12.2 Å². The lowest BCUT2D eigenvalue weighted by Gasteiger charge is -2.26. The van der Waals surface area contributed by atoms with Gasteiger partial charge < -0.3 is 18.9 Å². The monoisotopic (exact) mass is 463 g/mol. The molecule has 1 heterocycles. The molecular weight excluding hydrogens is 434 g/mol. The van der Waals surface area contributed by atoms with Gasteiger partial charge in [-0.25, -0.2) is 13.2 Å². The minimum atomic E-state index is -3.69. The summed E-state index contributed by atoms with van der Waals surface area (Å²) in [4.78, 5) is 12.6. The van der Waals surface area contributed by atoms with Gasteiger partial charge in [-0.3, -0.25) is 0 Å². The molecule has 0 amide bonds. The van der Waals surface area contributed by atoms with E-state index in [1.807, 2.05) is 19.1 Å². The van der Waals surface area contributed by atoms with Gasteiger partial charge in [0.15, 0.2) is 0 Å². The molecule has 3 rings (SSSR count). The largest absolute Gasteiger partial charge is 0.494 e. The predicted molar refractivity (Wildman–Crippen MR) is 119 cm³/mol. The molecule has 8 nitrogen and oxygen atoms in total. The molecule has 32 heavy (non-hydrogen) atoms. The molecule has 0 spiro atoms. The van der Waals surface area contributed by atoms with Gasteiger partial charge in [0.2, 0.25) is 10.0 Å². The van der Waals surface area contributed by atoms with Crippen molar-refractivity contribution < 1.29 is 32.2 Å². The van der Waals surface area contributed by atoms with Crippen LogP contribution in [0.25, 0.3) is 0 Å². The molecular formula is C23H29NO7S. The highest BCUT2D eigenvalue weighted by Gasteiger charge is 2.27. The third-order valence-electron chi connectivity index (χ3n) is 4.92. The van der Waals surface area contributed by atoms with Gasteiger partial charge in [-0.1, -0.05) is 13.0 Å². The molecule has 0 N–H and O–H groups in total. The fraction of sp³-hybridized carbons (Fsp3) is 0.435. The number of carbonyl (C=O) groups is 1. The van der Waals surface area contributed by atoms with Gasteiger partial charge in [-0.15, -0.1) is 0 Å². The fourth-order valence-corrected chi connectivity index (χ4v) is 4.58. The normalized spacial score (nSPS) is 14.7. The number of hydrogen-bond donors (Lipinski definition) is 0. The van der Waals surface area contributed by atoms with Gasteiger partial charge in [-0.2, -0.15) is 4.31 Å². The Labute approximate surface area is 189 Å². The number of rotatable bonds is 10. The van der Waals surface area contributed by atoms with Gasteiger partial charge in [0.05, 0.1) is 30.3 Å². The summed E-state index contributed by atoms with van der Waals surface area (Å²) in [6.45, 7) is 5.93. The highest BCUT2D eigenvalue weighted by molar-refractivity contribution is 7.89. The van der Waals surface area contributed by atoms with Crippen LogP contribution in [0, 0.1) is 6.92 Å². The van der Waals surface area contributed by atoms with E-state index < -0.39 is 16.0 Å². The van der Waals surface area contributed by atoms with E-state index in [-0.39, 0.29) is 23.7 Å². The number of carbonyl (C=O) groups excluding carboxylic acids is 1. The van der Waals surface area contributed by atoms with Crippen LogP contribution in [0.15, 0.2) is 47.4 Å². The number of morpholine rings is 1. The van der Waals surface area contributed by atoms with Gasteiger partial charge in [0, 0.05) is 13.1 Å². The Morgan fingerprint density at radius 3 is 2.22 bits per heavy atom. The summed E-state index contributed by atoms with van der Waals surface area (Å²) in [5.41, 5.74) is 0.858. The lowest BCUT2D eigenvalue weighted by Crippen LogP contribution is -2.40. The second-order valence-electron chi connectivity index (χ2n) is 7.30. The lowest BCUT2D eigenvalue weighted by molar-refractivity contribution is 0.0449. The Balaban J connectivity index is 1.55. The van der Waals surface area contributed by atoms with Crippen LogP contribution in [0.2, 0.25) is 0 Å². The number of esters is 1. The van der Waals surface area contributed by atoms with Crippen molar-refractivity contribution in [3.05, 3.63) is 53.6 Å². The maximum atomic E-state index is 12.9. The lowest BCUT2D eigenvalue weighted by atomic mass is 10.1. The van der Waals surface area contributed by atoms with E-state index in [1.165, 1.54) is 16.4 Å². The van der Waals surface area contributed by atoms with Crippen LogP contribution in [0.1, 0.15) is 29.3 Å². The minimum Gasteiger partial charge on any atom is -0.494 e. The van der Waals surface area contributed by atoms with Gasteiger partial charge in [0.1, 0.15) is 24.7 Å². The standard InChI is InChI=1S/C23H29NO7S/c1-3-12-29-19-5-7-20(8-6-19)30-15-16-31-23(25)22-17-21(9-4-18(22)2)32(26,27)24-10-13-28-14-11-24/h4-9,17H,3,10-16H2,1-2H3. The second kappa shape index (κ2) is 11.3. The van der Waals surface area contributed by atoms with Gasteiger partial charge in [-0.05, 0) is 55.3 Å². The first-order valence-electron chi connectivity index (χ1n) is 10.6. The first-order chi connectivity index (χ1) is 15.4. The molecule has 1 aliphatic rings. The second-order valence-corrected chi connectivity index (χ2v) is 9.24. The quantitative estimate of drug-likeness (QED) is 0.395. The third-order valence-corrected chi connectivity index (χ3v) is 6.81. The summed E-state index contributed by atoms with van der Waals surface area (Å²) >= 11 is 0. The predicted octanol–water partition coefficient (Wildman–Crippen LogP) is 3.04. The van der Waals surface area contributed by atoms with Crippen LogP contribution in [0.5, 0.6) is 11.5 Å². The molecule has 1 aliphatic heterocycles. The zero-order valence-electron chi connectivity index (χ0n) is 18.4. The molecule has 0 unspecified atom stereocenters. The maximum Gasteiger partial charge on any atom is 0.338 e. The van der Waals surface area contributed by atoms with Crippen molar-refractivity contribution in [1.29, 1.82) is 0 Å². The van der Waals surface area contributed by atoms with E-state index in [1.54, 1.807) is 25.1 Å². The average molecular weight is 464 g/mol. The first-order valence-corrected chi connectivity index (χ1v) is 12.1. The number of nitrogens with zero attached hydrogens (tertiary/aromatic N) is 1. The summed E-state index contributed by atoms with van der Waals surface area (Å²) in [6.07, 6.45) is 0.936. The van der Waals surface area contributed by atoms with E-state index in [9.17, 15) is 13.2 Å². The van der Waals surface area contributed by atoms with Crippen molar-refractivity contribution >= 4 is 16.0 Å². The van der Waals surface area contributed by atoms with Crippen LogP contribution in [-0.2, 0) is 19.5 Å². The van der Waals surface area contributed by atoms with E-state index in [4.69, 9.17) is 18.9 Å². The molecule has 1 saturated heterocycles. The molecule has 0 aromatic heterocycles. The minimum absolute atomic E-state index is 0.0345. The van der Waals surface area contributed by atoms with Gasteiger partial charge >= 0.3 is 5.97 Å². The zero-order valence-corrected chi connectivity index (χ0v) is 19.2. The number of aryl methyl sites for hydroxylation is 1. The van der Waals surface area contributed by atoms with Gasteiger partial charge in [0.25, 0.3) is 0 Å². The summed E-state index contributed by atoms with van der Waals surface area (Å²) in [5.74, 6) is 0.820. The molecule has 0 saturated carbocycles. The number of sulfonamides is 1.